The number of benzene rings is 2. The lowest BCUT2D eigenvalue weighted by Gasteiger charge is -2.39. The summed E-state index contributed by atoms with van der Waals surface area (Å²) in [6, 6.07) is 18.6. The fourth-order valence-electron chi connectivity index (χ4n) is 6.01. The van der Waals surface area contributed by atoms with Crippen molar-refractivity contribution < 1.29 is 32.9 Å². The predicted octanol–water partition coefficient (Wildman–Crippen LogP) is 8.45. The van der Waals surface area contributed by atoms with Crippen molar-refractivity contribution in [1.82, 2.24) is 14.5 Å². The number of imidazole rings is 1. The molecule has 2 saturated heterocycles. The molecule has 1 unspecified atom stereocenters. The number of carbonyl (C=O) groups is 1. The Morgan fingerprint density at radius 3 is 2.10 bits per heavy atom. The third kappa shape index (κ3) is 8.27. The van der Waals surface area contributed by atoms with Crippen LogP contribution in [-0.4, -0.2) is 88.2 Å². The van der Waals surface area contributed by atoms with Crippen LogP contribution in [0, 0.1) is 0 Å². The SMILES string of the molecule is COC(=O)c1ccc(-c2ccc(-c3nc4nc(O[C@@H]5CO[C@@H]6C(O[Si](C)(C)C(C)(C)C)CO[C@@H]65)n(COCC[Si](C)(C)C)c4cc3Cl)cc2)cc1. The Balaban J connectivity index is 1.25. The normalized spacial score (nSPS) is 20.9. The van der Waals surface area contributed by atoms with Gasteiger partial charge in [0.1, 0.15) is 18.9 Å². The van der Waals surface area contributed by atoms with Crippen molar-refractivity contribution in [3.05, 3.63) is 65.2 Å². The van der Waals surface area contributed by atoms with Crippen molar-refractivity contribution in [1.29, 1.82) is 0 Å². The predicted molar refractivity (Wildman–Crippen MR) is 205 cm³/mol. The van der Waals surface area contributed by atoms with Crippen LogP contribution in [0.1, 0.15) is 31.1 Å². The average Bonchev–Trinajstić information content (AvgIpc) is 3.76. The van der Waals surface area contributed by atoms with Crippen molar-refractivity contribution in [2.45, 2.75) is 95.7 Å². The van der Waals surface area contributed by atoms with Gasteiger partial charge in [0, 0.05) is 20.2 Å². The molecule has 0 spiro atoms. The van der Waals surface area contributed by atoms with Crippen molar-refractivity contribution in [3.63, 3.8) is 0 Å². The van der Waals surface area contributed by atoms with E-state index in [1.165, 1.54) is 7.11 Å². The molecule has 51 heavy (non-hydrogen) atoms. The number of halogens is 1. The Kier molecular flexibility index (Phi) is 10.9. The molecule has 6 rings (SSSR count). The maximum absolute atomic E-state index is 11.8. The van der Waals surface area contributed by atoms with Gasteiger partial charge in [-0.3, -0.25) is 4.57 Å². The van der Waals surface area contributed by atoms with Gasteiger partial charge in [0.15, 0.2) is 20.1 Å². The zero-order valence-electron chi connectivity index (χ0n) is 31.1. The van der Waals surface area contributed by atoms with Crippen molar-refractivity contribution in [3.8, 4) is 28.4 Å². The molecule has 0 radical (unpaired) electrons. The van der Waals surface area contributed by atoms with E-state index in [1.54, 1.807) is 12.1 Å². The zero-order chi connectivity index (χ0) is 36.7. The third-order valence-electron chi connectivity index (χ3n) is 10.1. The molecule has 2 aromatic heterocycles. The minimum absolute atomic E-state index is 0.0777. The summed E-state index contributed by atoms with van der Waals surface area (Å²) in [5.74, 6) is -0.366. The van der Waals surface area contributed by atoms with Gasteiger partial charge in [0.05, 0.1) is 48.2 Å². The number of rotatable bonds is 12. The standard InChI is InChI=1S/C38H50ClN3O7Si2/c1-38(2,3)51(8,9)49-31-22-47-33-30(21-46-34(31)33)48-37-41-35-29(42(37)23-45-18-19-50(5,6)7)20-28(39)32(40-35)26-14-10-24(11-15-26)25-12-16-27(17-13-25)36(43)44-4/h10-17,20,30-31,33-34H,18-19,21-23H2,1-9H3/t30-,31?,33-,34-/m1/s1. The maximum atomic E-state index is 11.8. The van der Waals surface area contributed by atoms with Gasteiger partial charge in [0.25, 0.3) is 0 Å². The number of esters is 1. The molecule has 2 fully saturated rings. The molecule has 2 aromatic carbocycles. The largest absolute Gasteiger partial charge is 0.465 e. The second kappa shape index (κ2) is 14.7. The van der Waals surface area contributed by atoms with Crippen LogP contribution in [0.15, 0.2) is 54.6 Å². The van der Waals surface area contributed by atoms with Gasteiger partial charge < -0.3 is 28.1 Å². The molecule has 4 atom stereocenters. The average molecular weight is 752 g/mol. The van der Waals surface area contributed by atoms with Crippen LogP contribution < -0.4 is 4.74 Å². The zero-order valence-corrected chi connectivity index (χ0v) is 33.9. The summed E-state index contributed by atoms with van der Waals surface area (Å²) < 4.78 is 38.8. The molecule has 0 aliphatic carbocycles. The van der Waals surface area contributed by atoms with Gasteiger partial charge >= 0.3 is 12.0 Å². The summed E-state index contributed by atoms with van der Waals surface area (Å²) in [6.45, 7) is 19.9. The van der Waals surface area contributed by atoms with E-state index in [0.29, 0.717) is 47.8 Å². The van der Waals surface area contributed by atoms with Crippen LogP contribution in [0.25, 0.3) is 33.5 Å². The molecule has 0 amide bonds. The highest BCUT2D eigenvalue weighted by Crippen LogP contribution is 2.41. The highest BCUT2D eigenvalue weighted by Gasteiger charge is 2.52. The molecule has 0 N–H and O–H groups in total. The fourth-order valence-corrected chi connectivity index (χ4v) is 8.34. The molecular weight excluding hydrogens is 702 g/mol. The maximum Gasteiger partial charge on any atom is 0.337 e. The van der Waals surface area contributed by atoms with Crippen molar-refractivity contribution >= 4 is 45.1 Å². The quantitative estimate of drug-likeness (QED) is 0.0802. The van der Waals surface area contributed by atoms with Crippen LogP contribution in [0.2, 0.25) is 48.8 Å². The van der Waals surface area contributed by atoms with Gasteiger partial charge in [-0.1, -0.05) is 88.4 Å². The van der Waals surface area contributed by atoms with Crippen LogP contribution in [0.4, 0.5) is 0 Å². The lowest BCUT2D eigenvalue weighted by atomic mass is 10.0. The number of carbonyl (C=O) groups excluding carboxylic acids is 1. The number of methoxy groups -OCH3 is 1. The number of hydrogen-bond acceptors (Lipinski definition) is 9. The second-order valence-electron chi connectivity index (χ2n) is 16.1. The Bertz CT molecular complexity index is 1850. The van der Waals surface area contributed by atoms with Gasteiger partial charge in [0.2, 0.25) is 0 Å². The monoisotopic (exact) mass is 751 g/mol. The van der Waals surface area contributed by atoms with E-state index in [2.05, 4.69) is 53.5 Å². The lowest BCUT2D eigenvalue weighted by Crippen LogP contribution is -2.47. The van der Waals surface area contributed by atoms with Crippen LogP contribution in [-0.2, 0) is 30.1 Å². The molecule has 4 heterocycles. The summed E-state index contributed by atoms with van der Waals surface area (Å²) in [4.78, 5) is 21.7. The van der Waals surface area contributed by atoms with Crippen molar-refractivity contribution in [2.24, 2.45) is 0 Å². The summed E-state index contributed by atoms with van der Waals surface area (Å²) >= 11 is 6.93. The molecule has 2 aliphatic heterocycles. The van der Waals surface area contributed by atoms with Gasteiger partial charge in [-0.25, -0.2) is 9.78 Å². The van der Waals surface area contributed by atoms with E-state index < -0.39 is 16.4 Å². The second-order valence-corrected chi connectivity index (χ2v) is 26.9. The van der Waals surface area contributed by atoms with Gasteiger partial charge in [-0.15, -0.1) is 0 Å². The van der Waals surface area contributed by atoms with Crippen molar-refractivity contribution in [2.75, 3.05) is 26.9 Å². The topological polar surface area (TPSA) is 103 Å². The highest BCUT2D eigenvalue weighted by molar-refractivity contribution is 6.76. The van der Waals surface area contributed by atoms with Crippen LogP contribution >= 0.6 is 11.6 Å². The molecule has 4 aromatic rings. The van der Waals surface area contributed by atoms with Gasteiger partial charge in [-0.05, 0) is 53.5 Å². The van der Waals surface area contributed by atoms with E-state index in [1.807, 2.05) is 47.0 Å². The molecule has 13 heteroatoms. The number of ether oxygens (including phenoxy) is 5. The van der Waals surface area contributed by atoms with E-state index in [4.69, 9.17) is 49.7 Å². The number of hydrogen-bond donors (Lipinski definition) is 0. The smallest absolute Gasteiger partial charge is 0.337 e. The molecule has 0 saturated carbocycles. The summed E-state index contributed by atoms with van der Waals surface area (Å²) in [5, 5.41) is 0.565. The first-order valence-electron chi connectivity index (χ1n) is 17.6. The number of nitrogens with zero attached hydrogens (tertiary/aromatic N) is 3. The molecule has 10 nitrogen and oxygen atoms in total. The minimum atomic E-state index is -2.02. The molecule has 274 valence electrons. The molecular formula is C38H50ClN3O7Si2. The summed E-state index contributed by atoms with van der Waals surface area (Å²) in [5.41, 5.74) is 5.15. The highest BCUT2D eigenvalue weighted by atomic mass is 35.5. The molecule has 0 bridgehead atoms. The number of aromatic nitrogens is 3. The fraction of sp³-hybridized carbons (Fsp3) is 0.500. The minimum Gasteiger partial charge on any atom is -0.465 e. The summed E-state index contributed by atoms with van der Waals surface area (Å²) in [7, 11) is -1.94. The Hall–Kier alpha value is -3.11. The Morgan fingerprint density at radius 1 is 0.902 bits per heavy atom. The first-order chi connectivity index (χ1) is 24.0. The number of pyridine rings is 1. The summed E-state index contributed by atoms with van der Waals surface area (Å²) in [6.07, 6.45) is -0.988. The van der Waals surface area contributed by atoms with Gasteiger partial charge in [-0.2, -0.15) is 4.98 Å². The van der Waals surface area contributed by atoms with E-state index in [9.17, 15) is 4.79 Å². The Morgan fingerprint density at radius 2 is 1.49 bits per heavy atom. The lowest BCUT2D eigenvalue weighted by molar-refractivity contribution is 0.00691. The van der Waals surface area contributed by atoms with E-state index >= 15 is 0 Å². The first kappa shape index (κ1) is 37.6. The van der Waals surface area contributed by atoms with Crippen LogP contribution in [0.5, 0.6) is 6.01 Å². The van der Waals surface area contributed by atoms with E-state index in [0.717, 1.165) is 28.3 Å². The number of fused-ring (bicyclic) bond motifs is 2. The first-order valence-corrected chi connectivity index (χ1v) is 24.6. The van der Waals surface area contributed by atoms with Crippen LogP contribution in [0.3, 0.4) is 0 Å². The third-order valence-corrected chi connectivity index (χ3v) is 16.6. The molecule has 2 aliphatic rings. The van der Waals surface area contributed by atoms with E-state index in [-0.39, 0.29) is 42.2 Å². The Labute approximate surface area is 307 Å².